The van der Waals surface area contributed by atoms with Gasteiger partial charge < -0.3 is 10.6 Å². The average molecular weight is 290 g/mol. The fourth-order valence-corrected chi connectivity index (χ4v) is 2.73. The van der Waals surface area contributed by atoms with E-state index in [1.54, 1.807) is 0 Å². The standard InChI is InChI=1S/C16H26N4O/c1-12-5-6-14(13(2)18-12)15(21)19-7-9-20(10-8-19)16(3,4)11-17/h5-6H,7-11,17H2,1-4H3. The van der Waals surface area contributed by atoms with Gasteiger partial charge in [-0.1, -0.05) is 0 Å². The third kappa shape index (κ3) is 3.41. The zero-order chi connectivity index (χ0) is 15.6. The molecule has 0 aromatic carbocycles. The fraction of sp³-hybridized carbons (Fsp3) is 0.625. The molecular weight excluding hydrogens is 264 g/mol. The summed E-state index contributed by atoms with van der Waals surface area (Å²) in [4.78, 5) is 21.3. The number of hydrogen-bond donors (Lipinski definition) is 1. The van der Waals surface area contributed by atoms with Crippen molar-refractivity contribution in [3.63, 3.8) is 0 Å². The molecule has 1 aliphatic rings. The molecule has 1 aromatic rings. The number of hydrogen-bond acceptors (Lipinski definition) is 4. The van der Waals surface area contributed by atoms with Gasteiger partial charge in [0, 0.05) is 44.0 Å². The molecule has 1 amide bonds. The van der Waals surface area contributed by atoms with E-state index in [0.717, 1.165) is 37.6 Å². The molecule has 1 saturated heterocycles. The molecule has 0 saturated carbocycles. The van der Waals surface area contributed by atoms with E-state index < -0.39 is 0 Å². The molecule has 0 radical (unpaired) electrons. The molecule has 2 heterocycles. The molecule has 1 aliphatic heterocycles. The van der Waals surface area contributed by atoms with Crippen molar-refractivity contribution < 1.29 is 4.79 Å². The van der Waals surface area contributed by atoms with Crippen molar-refractivity contribution in [3.05, 3.63) is 29.1 Å². The van der Waals surface area contributed by atoms with Gasteiger partial charge in [-0.05, 0) is 39.8 Å². The van der Waals surface area contributed by atoms with E-state index in [0.29, 0.717) is 12.1 Å². The van der Waals surface area contributed by atoms with Gasteiger partial charge in [0.15, 0.2) is 0 Å². The van der Waals surface area contributed by atoms with E-state index in [1.165, 1.54) is 0 Å². The zero-order valence-corrected chi connectivity index (χ0v) is 13.5. The van der Waals surface area contributed by atoms with Crippen molar-refractivity contribution in [2.75, 3.05) is 32.7 Å². The summed E-state index contributed by atoms with van der Waals surface area (Å²) in [5.41, 5.74) is 8.29. The largest absolute Gasteiger partial charge is 0.336 e. The van der Waals surface area contributed by atoms with Crippen LogP contribution in [0.5, 0.6) is 0 Å². The van der Waals surface area contributed by atoms with E-state index in [4.69, 9.17) is 5.73 Å². The second kappa shape index (κ2) is 6.12. The number of carbonyl (C=O) groups excluding carboxylic acids is 1. The Balaban J connectivity index is 2.03. The molecule has 0 aliphatic carbocycles. The maximum absolute atomic E-state index is 12.6. The van der Waals surface area contributed by atoms with Gasteiger partial charge in [0.05, 0.1) is 11.3 Å². The molecule has 5 heteroatoms. The van der Waals surface area contributed by atoms with Gasteiger partial charge in [-0.3, -0.25) is 14.7 Å². The smallest absolute Gasteiger partial charge is 0.255 e. The van der Waals surface area contributed by atoms with Crippen molar-refractivity contribution in [3.8, 4) is 0 Å². The number of aromatic nitrogens is 1. The van der Waals surface area contributed by atoms with E-state index in [1.807, 2.05) is 30.9 Å². The molecular formula is C16H26N4O. The SMILES string of the molecule is Cc1ccc(C(=O)N2CCN(C(C)(C)CN)CC2)c(C)n1. The predicted molar refractivity (Wildman–Crippen MR) is 84.3 cm³/mol. The molecule has 0 unspecified atom stereocenters. The number of piperazine rings is 1. The van der Waals surface area contributed by atoms with Gasteiger partial charge in [0.1, 0.15) is 0 Å². The summed E-state index contributed by atoms with van der Waals surface area (Å²) in [7, 11) is 0. The monoisotopic (exact) mass is 290 g/mol. The Morgan fingerprint density at radius 3 is 2.38 bits per heavy atom. The first kappa shape index (κ1) is 15.9. The fourth-order valence-electron chi connectivity index (χ4n) is 2.73. The van der Waals surface area contributed by atoms with Gasteiger partial charge in [-0.2, -0.15) is 0 Å². The maximum atomic E-state index is 12.6. The number of pyridine rings is 1. The topological polar surface area (TPSA) is 62.5 Å². The second-order valence-corrected chi connectivity index (χ2v) is 6.38. The van der Waals surface area contributed by atoms with Gasteiger partial charge in [-0.15, -0.1) is 0 Å². The van der Waals surface area contributed by atoms with Crippen LogP contribution in [0.1, 0.15) is 35.6 Å². The van der Waals surface area contributed by atoms with Gasteiger partial charge >= 0.3 is 0 Å². The van der Waals surface area contributed by atoms with Crippen LogP contribution in [0.4, 0.5) is 0 Å². The summed E-state index contributed by atoms with van der Waals surface area (Å²) in [5.74, 6) is 0.0882. The lowest BCUT2D eigenvalue weighted by molar-refractivity contribution is 0.0425. The molecule has 0 spiro atoms. The Morgan fingerprint density at radius 2 is 1.86 bits per heavy atom. The van der Waals surface area contributed by atoms with Crippen LogP contribution < -0.4 is 5.73 Å². The second-order valence-electron chi connectivity index (χ2n) is 6.38. The van der Waals surface area contributed by atoms with Gasteiger partial charge in [0.2, 0.25) is 0 Å². The van der Waals surface area contributed by atoms with Crippen LogP contribution >= 0.6 is 0 Å². The highest BCUT2D eigenvalue weighted by molar-refractivity contribution is 5.95. The van der Waals surface area contributed by atoms with Crippen LogP contribution in [0.25, 0.3) is 0 Å². The third-order valence-electron chi connectivity index (χ3n) is 4.38. The number of aryl methyl sites for hydroxylation is 2. The molecule has 21 heavy (non-hydrogen) atoms. The summed E-state index contributed by atoms with van der Waals surface area (Å²) in [5, 5.41) is 0. The quantitative estimate of drug-likeness (QED) is 0.908. The summed E-state index contributed by atoms with van der Waals surface area (Å²) < 4.78 is 0. The van der Waals surface area contributed by atoms with Crippen LogP contribution in [0, 0.1) is 13.8 Å². The Hall–Kier alpha value is -1.46. The first-order valence-corrected chi connectivity index (χ1v) is 7.54. The molecule has 0 atom stereocenters. The van der Waals surface area contributed by atoms with Crippen LogP contribution in [0.2, 0.25) is 0 Å². The normalized spacial score (nSPS) is 17.1. The van der Waals surface area contributed by atoms with Crippen molar-refractivity contribution in [2.24, 2.45) is 5.73 Å². The van der Waals surface area contributed by atoms with Crippen LogP contribution in [-0.2, 0) is 0 Å². The summed E-state index contributed by atoms with van der Waals surface area (Å²) in [6.07, 6.45) is 0. The minimum absolute atomic E-state index is 0.00350. The van der Waals surface area contributed by atoms with Crippen LogP contribution in [0.3, 0.4) is 0 Å². The molecule has 5 nitrogen and oxygen atoms in total. The summed E-state index contributed by atoms with van der Waals surface area (Å²) in [6, 6.07) is 3.78. The number of nitrogens with two attached hydrogens (primary N) is 1. The summed E-state index contributed by atoms with van der Waals surface area (Å²) >= 11 is 0. The lowest BCUT2D eigenvalue weighted by atomic mass is 10.0. The van der Waals surface area contributed by atoms with E-state index in [9.17, 15) is 4.79 Å². The highest BCUT2D eigenvalue weighted by Gasteiger charge is 2.30. The zero-order valence-electron chi connectivity index (χ0n) is 13.5. The first-order chi connectivity index (χ1) is 9.85. The average Bonchev–Trinajstić information content (AvgIpc) is 2.47. The molecule has 1 fully saturated rings. The van der Waals surface area contributed by atoms with Crippen molar-refractivity contribution >= 4 is 5.91 Å². The highest BCUT2D eigenvalue weighted by atomic mass is 16.2. The van der Waals surface area contributed by atoms with Crippen LogP contribution in [0.15, 0.2) is 12.1 Å². The Kier molecular flexibility index (Phi) is 4.64. The number of nitrogens with zero attached hydrogens (tertiary/aromatic N) is 3. The molecule has 1 aromatic heterocycles. The summed E-state index contributed by atoms with van der Waals surface area (Å²) in [6.45, 7) is 12.0. The highest BCUT2D eigenvalue weighted by Crippen LogP contribution is 2.17. The number of amides is 1. The first-order valence-electron chi connectivity index (χ1n) is 7.54. The number of rotatable bonds is 3. The predicted octanol–water partition coefficient (Wildman–Crippen LogP) is 1.19. The minimum atomic E-state index is -0.00350. The van der Waals surface area contributed by atoms with E-state index in [-0.39, 0.29) is 11.4 Å². The van der Waals surface area contributed by atoms with E-state index in [2.05, 4.69) is 23.7 Å². The lowest BCUT2D eigenvalue weighted by Gasteiger charge is -2.43. The molecule has 2 N–H and O–H groups in total. The van der Waals surface area contributed by atoms with Crippen molar-refractivity contribution in [1.29, 1.82) is 0 Å². The Labute approximate surface area is 127 Å². The van der Waals surface area contributed by atoms with Crippen molar-refractivity contribution in [2.45, 2.75) is 33.2 Å². The van der Waals surface area contributed by atoms with E-state index >= 15 is 0 Å². The number of carbonyl (C=O) groups is 1. The maximum Gasteiger partial charge on any atom is 0.255 e. The van der Waals surface area contributed by atoms with Crippen molar-refractivity contribution in [1.82, 2.24) is 14.8 Å². The Morgan fingerprint density at radius 1 is 1.24 bits per heavy atom. The molecule has 116 valence electrons. The molecule has 0 bridgehead atoms. The minimum Gasteiger partial charge on any atom is -0.336 e. The Bertz CT molecular complexity index is 519. The van der Waals surface area contributed by atoms with Crippen LogP contribution in [-0.4, -0.2) is 59.0 Å². The van der Waals surface area contributed by atoms with Gasteiger partial charge in [0.25, 0.3) is 5.91 Å². The third-order valence-corrected chi connectivity index (χ3v) is 4.38. The molecule has 2 rings (SSSR count). The van der Waals surface area contributed by atoms with Gasteiger partial charge in [-0.25, -0.2) is 0 Å². The lowest BCUT2D eigenvalue weighted by Crippen LogP contribution is -2.58.